The van der Waals surface area contributed by atoms with Gasteiger partial charge in [0.05, 0.1) is 6.04 Å². The third-order valence-electron chi connectivity index (χ3n) is 6.90. The zero-order valence-electron chi connectivity index (χ0n) is 19.1. The molecule has 2 heterocycles. The van der Waals surface area contributed by atoms with Crippen molar-refractivity contribution in [2.75, 3.05) is 51.3 Å². The van der Waals surface area contributed by atoms with Crippen molar-refractivity contribution in [3.05, 3.63) is 59.7 Å². The average Bonchev–Trinajstić information content (AvgIpc) is 2.80. The number of carbonyl (C=O) groups is 1. The first-order valence-electron chi connectivity index (χ1n) is 11.5. The summed E-state index contributed by atoms with van der Waals surface area (Å²) in [6.07, 6.45) is 2.37. The van der Waals surface area contributed by atoms with E-state index in [1.54, 1.807) is 0 Å². The predicted octanol–water partition coefficient (Wildman–Crippen LogP) is 3.92. The Bertz CT molecular complexity index is 857. The molecule has 0 spiro atoms. The Morgan fingerprint density at radius 1 is 0.935 bits per heavy atom. The maximum absolute atomic E-state index is 12.1. The second-order valence-electron chi connectivity index (χ2n) is 8.99. The third-order valence-corrected chi connectivity index (χ3v) is 6.90. The molecule has 1 amide bonds. The van der Waals surface area contributed by atoms with Gasteiger partial charge in [-0.1, -0.05) is 29.8 Å². The van der Waals surface area contributed by atoms with Gasteiger partial charge in [-0.2, -0.15) is 0 Å². The van der Waals surface area contributed by atoms with E-state index in [2.05, 4.69) is 65.3 Å². The van der Waals surface area contributed by atoms with Crippen LogP contribution in [0.1, 0.15) is 36.8 Å². The molecule has 0 saturated carbocycles. The Morgan fingerprint density at radius 3 is 2.29 bits per heavy atom. The van der Waals surface area contributed by atoms with Crippen LogP contribution in [0.4, 0.5) is 5.69 Å². The molecule has 1 unspecified atom stereocenters. The monoisotopic (exact) mass is 421 g/mol. The highest BCUT2D eigenvalue weighted by Crippen LogP contribution is 2.31. The normalized spacial score (nSPS) is 20.9. The fourth-order valence-corrected chi connectivity index (χ4v) is 4.71. The number of likely N-dealkylation sites (N-methyl/N-ethyl adjacent to an activating group) is 1. The number of hydrogen-bond donors (Lipinski definition) is 0. The van der Waals surface area contributed by atoms with Gasteiger partial charge in [0.25, 0.3) is 0 Å². The summed E-state index contributed by atoms with van der Waals surface area (Å²) in [7, 11) is 1.88. The standard InChI is InChI=1S/C26H35N3O2/c1-20-4-8-24(9-5-20)29-14-12-23(13-15-29)22-6-10-25(11-7-22)31-19-18-28-17-16-27(3)26(30)21(28)2/h4-11,21,23H,12-19H2,1-3H3. The van der Waals surface area contributed by atoms with Crippen LogP contribution in [-0.4, -0.2) is 68.1 Å². The highest BCUT2D eigenvalue weighted by atomic mass is 16.5. The first-order chi connectivity index (χ1) is 15.0. The SMILES string of the molecule is Cc1ccc(N2CCC(c3ccc(OCCN4CCN(C)C(=O)C4C)cc3)CC2)cc1. The zero-order chi connectivity index (χ0) is 21.8. The number of carbonyl (C=O) groups excluding carboxylic acids is 1. The number of nitrogens with zero attached hydrogens (tertiary/aromatic N) is 3. The molecule has 5 heteroatoms. The molecule has 0 aliphatic carbocycles. The lowest BCUT2D eigenvalue weighted by Crippen LogP contribution is -2.55. The summed E-state index contributed by atoms with van der Waals surface area (Å²) in [4.78, 5) is 18.6. The van der Waals surface area contributed by atoms with Gasteiger partial charge in [0.15, 0.2) is 0 Å². The first-order valence-corrected chi connectivity index (χ1v) is 11.5. The molecule has 5 nitrogen and oxygen atoms in total. The van der Waals surface area contributed by atoms with Crippen molar-refractivity contribution < 1.29 is 9.53 Å². The summed E-state index contributed by atoms with van der Waals surface area (Å²) in [6, 6.07) is 17.5. The lowest BCUT2D eigenvalue weighted by atomic mass is 9.89. The van der Waals surface area contributed by atoms with Crippen molar-refractivity contribution in [3.8, 4) is 5.75 Å². The minimum absolute atomic E-state index is 0.0597. The highest BCUT2D eigenvalue weighted by molar-refractivity contribution is 5.81. The maximum Gasteiger partial charge on any atom is 0.239 e. The molecule has 31 heavy (non-hydrogen) atoms. The van der Waals surface area contributed by atoms with Gasteiger partial charge in [0, 0.05) is 45.5 Å². The van der Waals surface area contributed by atoms with Crippen LogP contribution in [-0.2, 0) is 4.79 Å². The van der Waals surface area contributed by atoms with Crippen LogP contribution in [0, 0.1) is 6.92 Å². The van der Waals surface area contributed by atoms with Gasteiger partial charge in [-0.15, -0.1) is 0 Å². The average molecular weight is 422 g/mol. The molecule has 4 rings (SSSR count). The number of rotatable bonds is 6. The molecular formula is C26H35N3O2. The van der Waals surface area contributed by atoms with Crippen LogP contribution in [0.2, 0.25) is 0 Å². The summed E-state index contributed by atoms with van der Waals surface area (Å²) < 4.78 is 5.97. The van der Waals surface area contributed by atoms with E-state index in [-0.39, 0.29) is 11.9 Å². The molecule has 2 saturated heterocycles. The lowest BCUT2D eigenvalue weighted by Gasteiger charge is -2.37. The summed E-state index contributed by atoms with van der Waals surface area (Å²) >= 11 is 0. The van der Waals surface area contributed by atoms with Crippen molar-refractivity contribution in [1.82, 2.24) is 9.80 Å². The fraction of sp³-hybridized carbons (Fsp3) is 0.500. The Morgan fingerprint density at radius 2 is 1.61 bits per heavy atom. The van der Waals surface area contributed by atoms with E-state index in [1.807, 2.05) is 18.9 Å². The molecule has 2 aromatic carbocycles. The summed E-state index contributed by atoms with van der Waals surface area (Å²) in [5, 5.41) is 0. The molecular weight excluding hydrogens is 386 g/mol. The summed E-state index contributed by atoms with van der Waals surface area (Å²) in [5.41, 5.74) is 4.06. The van der Waals surface area contributed by atoms with E-state index in [0.29, 0.717) is 12.5 Å². The fourth-order valence-electron chi connectivity index (χ4n) is 4.71. The number of benzene rings is 2. The van der Waals surface area contributed by atoms with Crippen molar-refractivity contribution in [2.24, 2.45) is 0 Å². The van der Waals surface area contributed by atoms with E-state index >= 15 is 0 Å². The predicted molar refractivity (Wildman–Crippen MR) is 126 cm³/mol. The van der Waals surface area contributed by atoms with Crippen molar-refractivity contribution in [1.29, 1.82) is 0 Å². The van der Waals surface area contributed by atoms with Crippen LogP contribution >= 0.6 is 0 Å². The van der Waals surface area contributed by atoms with Crippen LogP contribution in [0.5, 0.6) is 5.75 Å². The van der Waals surface area contributed by atoms with Gasteiger partial charge in [0.2, 0.25) is 5.91 Å². The molecule has 0 bridgehead atoms. The van der Waals surface area contributed by atoms with Crippen LogP contribution in [0.25, 0.3) is 0 Å². The molecule has 2 aliphatic heterocycles. The number of piperazine rings is 1. The first kappa shape index (κ1) is 21.7. The Hall–Kier alpha value is -2.53. The number of anilines is 1. The van der Waals surface area contributed by atoms with E-state index in [0.717, 1.165) is 38.5 Å². The van der Waals surface area contributed by atoms with Crippen molar-refractivity contribution >= 4 is 11.6 Å². The quantitative estimate of drug-likeness (QED) is 0.708. The van der Waals surface area contributed by atoms with Crippen LogP contribution < -0.4 is 9.64 Å². The minimum atomic E-state index is -0.0597. The van der Waals surface area contributed by atoms with E-state index < -0.39 is 0 Å². The molecule has 2 fully saturated rings. The van der Waals surface area contributed by atoms with Gasteiger partial charge in [-0.25, -0.2) is 0 Å². The molecule has 0 N–H and O–H groups in total. The molecule has 0 aromatic heterocycles. The zero-order valence-corrected chi connectivity index (χ0v) is 19.1. The number of ether oxygens (including phenoxy) is 1. The molecule has 166 valence electrons. The maximum atomic E-state index is 12.1. The molecule has 2 aromatic rings. The number of hydrogen-bond acceptors (Lipinski definition) is 4. The number of aryl methyl sites for hydroxylation is 1. The number of amides is 1. The second kappa shape index (κ2) is 9.73. The minimum Gasteiger partial charge on any atom is -0.492 e. The van der Waals surface area contributed by atoms with Gasteiger partial charge < -0.3 is 14.5 Å². The Balaban J connectivity index is 1.23. The summed E-state index contributed by atoms with van der Waals surface area (Å²) in [5.74, 6) is 1.73. The largest absolute Gasteiger partial charge is 0.492 e. The molecule has 0 radical (unpaired) electrons. The highest BCUT2D eigenvalue weighted by Gasteiger charge is 2.28. The van der Waals surface area contributed by atoms with Crippen LogP contribution in [0.15, 0.2) is 48.5 Å². The lowest BCUT2D eigenvalue weighted by molar-refractivity contribution is -0.139. The van der Waals surface area contributed by atoms with Crippen LogP contribution in [0.3, 0.4) is 0 Å². The van der Waals surface area contributed by atoms with Gasteiger partial charge in [-0.05, 0) is 62.4 Å². The van der Waals surface area contributed by atoms with E-state index in [4.69, 9.17) is 4.74 Å². The van der Waals surface area contributed by atoms with Gasteiger partial charge >= 0.3 is 0 Å². The molecule has 2 aliphatic rings. The van der Waals surface area contributed by atoms with Gasteiger partial charge in [0.1, 0.15) is 12.4 Å². The Kier molecular flexibility index (Phi) is 6.81. The smallest absolute Gasteiger partial charge is 0.239 e. The number of piperidine rings is 1. The molecule has 1 atom stereocenters. The van der Waals surface area contributed by atoms with E-state index in [9.17, 15) is 4.79 Å². The second-order valence-corrected chi connectivity index (χ2v) is 8.99. The van der Waals surface area contributed by atoms with Crippen molar-refractivity contribution in [2.45, 2.75) is 38.6 Å². The topological polar surface area (TPSA) is 36.0 Å². The Labute approximate surface area is 186 Å². The third kappa shape index (κ3) is 5.21. The van der Waals surface area contributed by atoms with Crippen molar-refractivity contribution in [3.63, 3.8) is 0 Å². The van der Waals surface area contributed by atoms with Gasteiger partial charge in [-0.3, -0.25) is 9.69 Å². The summed E-state index contributed by atoms with van der Waals surface area (Å²) in [6.45, 7) is 9.42. The van der Waals surface area contributed by atoms with E-state index in [1.165, 1.54) is 29.7 Å².